The lowest BCUT2D eigenvalue weighted by molar-refractivity contribution is -0.137. The second-order valence-electron chi connectivity index (χ2n) is 5.58. The first-order valence-electron chi connectivity index (χ1n) is 6.71. The predicted molar refractivity (Wildman–Crippen MR) is 74.6 cm³/mol. The van der Waals surface area contributed by atoms with Crippen molar-refractivity contribution in [1.82, 2.24) is 0 Å². The van der Waals surface area contributed by atoms with Gasteiger partial charge in [-0.2, -0.15) is 0 Å². The highest BCUT2D eigenvalue weighted by Gasteiger charge is 2.33. The summed E-state index contributed by atoms with van der Waals surface area (Å²) in [5.74, 6) is -0.759. The molecule has 0 spiro atoms. The Labute approximate surface area is 113 Å². The van der Waals surface area contributed by atoms with E-state index in [9.17, 15) is 9.90 Å². The first-order chi connectivity index (χ1) is 8.93. The highest BCUT2D eigenvalue weighted by atomic mass is 16.4. The molecule has 0 fully saturated rings. The Morgan fingerprint density at radius 1 is 1.47 bits per heavy atom. The van der Waals surface area contributed by atoms with Gasteiger partial charge in [0.2, 0.25) is 0 Å². The molecule has 0 aromatic heterocycles. The van der Waals surface area contributed by atoms with Gasteiger partial charge in [-0.1, -0.05) is 25.1 Å². The van der Waals surface area contributed by atoms with Gasteiger partial charge in [0.05, 0.1) is 12.0 Å². The van der Waals surface area contributed by atoms with Crippen molar-refractivity contribution in [2.24, 2.45) is 0 Å². The van der Waals surface area contributed by atoms with Gasteiger partial charge in [-0.05, 0) is 25.0 Å². The van der Waals surface area contributed by atoms with E-state index in [1.165, 1.54) is 0 Å². The van der Waals surface area contributed by atoms with Crippen molar-refractivity contribution in [2.75, 3.05) is 18.0 Å². The fourth-order valence-corrected chi connectivity index (χ4v) is 2.64. The van der Waals surface area contributed by atoms with Crippen molar-refractivity contribution in [3.8, 4) is 0 Å². The fourth-order valence-electron chi connectivity index (χ4n) is 2.64. The molecule has 4 nitrogen and oxygen atoms in total. The Bertz CT molecular complexity index is 470. The van der Waals surface area contributed by atoms with E-state index < -0.39 is 11.6 Å². The van der Waals surface area contributed by atoms with Crippen LogP contribution in [0.4, 0.5) is 5.69 Å². The zero-order valence-corrected chi connectivity index (χ0v) is 11.5. The minimum atomic E-state index is -0.774. The maximum absolute atomic E-state index is 10.9. The number of aliphatic hydroxyl groups is 1. The van der Waals surface area contributed by atoms with E-state index in [0.29, 0.717) is 19.5 Å². The van der Waals surface area contributed by atoms with Gasteiger partial charge in [0.15, 0.2) is 0 Å². The topological polar surface area (TPSA) is 60.8 Å². The second-order valence-corrected chi connectivity index (χ2v) is 5.58. The van der Waals surface area contributed by atoms with Gasteiger partial charge in [0.1, 0.15) is 0 Å². The summed E-state index contributed by atoms with van der Waals surface area (Å²) in [4.78, 5) is 13.0. The standard InChI is InChI=1S/C15H21NO3/c1-3-15(2,19)10-16-9-11(8-14(17)18)12-6-4-5-7-13(12)16/h4-7,11,19H,3,8-10H2,1-2H3,(H,17,18). The second kappa shape index (κ2) is 5.21. The third-order valence-electron chi connectivity index (χ3n) is 3.87. The Morgan fingerprint density at radius 3 is 2.79 bits per heavy atom. The summed E-state index contributed by atoms with van der Waals surface area (Å²) in [7, 11) is 0. The number of nitrogens with zero attached hydrogens (tertiary/aromatic N) is 1. The van der Waals surface area contributed by atoms with Crippen LogP contribution in [0.3, 0.4) is 0 Å². The molecule has 104 valence electrons. The minimum absolute atomic E-state index is 0.0151. The summed E-state index contributed by atoms with van der Waals surface area (Å²) in [6, 6.07) is 7.89. The van der Waals surface area contributed by atoms with Crippen LogP contribution in [-0.4, -0.2) is 34.9 Å². The number of rotatable bonds is 5. The van der Waals surface area contributed by atoms with Crippen molar-refractivity contribution in [3.63, 3.8) is 0 Å². The summed E-state index contributed by atoms with van der Waals surface area (Å²) in [5, 5.41) is 19.2. The summed E-state index contributed by atoms with van der Waals surface area (Å²) < 4.78 is 0. The number of para-hydroxylation sites is 1. The number of aliphatic carboxylic acids is 1. The molecule has 1 aliphatic heterocycles. The van der Waals surface area contributed by atoms with E-state index in [1.807, 2.05) is 38.1 Å². The molecule has 2 atom stereocenters. The molecular formula is C15H21NO3. The molecule has 0 amide bonds. The van der Waals surface area contributed by atoms with E-state index in [0.717, 1.165) is 11.3 Å². The third-order valence-corrected chi connectivity index (χ3v) is 3.87. The van der Waals surface area contributed by atoms with Gasteiger partial charge >= 0.3 is 5.97 Å². The fraction of sp³-hybridized carbons (Fsp3) is 0.533. The highest BCUT2D eigenvalue weighted by Crippen LogP contribution is 2.38. The quantitative estimate of drug-likeness (QED) is 0.855. The molecule has 4 heteroatoms. The zero-order valence-electron chi connectivity index (χ0n) is 11.5. The van der Waals surface area contributed by atoms with Gasteiger partial charge in [-0.25, -0.2) is 0 Å². The average Bonchev–Trinajstić information content (AvgIpc) is 2.67. The summed E-state index contributed by atoms with van der Waals surface area (Å²) in [5.41, 5.74) is 1.39. The summed E-state index contributed by atoms with van der Waals surface area (Å²) in [6.07, 6.45) is 0.817. The minimum Gasteiger partial charge on any atom is -0.481 e. The normalized spacial score (nSPS) is 21.0. The Kier molecular flexibility index (Phi) is 3.80. The zero-order chi connectivity index (χ0) is 14.0. The van der Waals surface area contributed by atoms with Crippen LogP contribution in [0.2, 0.25) is 0 Å². The molecule has 1 aliphatic rings. The van der Waals surface area contributed by atoms with Crippen molar-refractivity contribution in [1.29, 1.82) is 0 Å². The number of benzene rings is 1. The number of β-amino-alcohol motifs (C(OH)–C–C–N with tert-alkyl or cyclic N) is 1. The molecule has 0 saturated carbocycles. The van der Waals surface area contributed by atoms with Crippen LogP contribution in [-0.2, 0) is 4.79 Å². The van der Waals surface area contributed by atoms with E-state index in [-0.39, 0.29) is 12.3 Å². The number of hydrogen-bond donors (Lipinski definition) is 2. The summed E-state index contributed by atoms with van der Waals surface area (Å²) in [6.45, 7) is 4.98. The lowest BCUT2D eigenvalue weighted by Gasteiger charge is -2.30. The molecular weight excluding hydrogens is 242 g/mol. The van der Waals surface area contributed by atoms with Crippen molar-refractivity contribution < 1.29 is 15.0 Å². The third kappa shape index (κ3) is 3.07. The molecule has 0 saturated heterocycles. The van der Waals surface area contributed by atoms with E-state index in [1.54, 1.807) is 0 Å². The molecule has 1 aromatic rings. The first-order valence-corrected chi connectivity index (χ1v) is 6.71. The average molecular weight is 263 g/mol. The van der Waals surface area contributed by atoms with E-state index in [2.05, 4.69) is 4.90 Å². The smallest absolute Gasteiger partial charge is 0.304 e. The van der Waals surface area contributed by atoms with Crippen LogP contribution in [0.5, 0.6) is 0 Å². The van der Waals surface area contributed by atoms with Gasteiger partial charge < -0.3 is 15.1 Å². The van der Waals surface area contributed by atoms with Gasteiger partial charge in [0, 0.05) is 24.7 Å². The number of fused-ring (bicyclic) bond motifs is 1. The number of hydrogen-bond acceptors (Lipinski definition) is 3. The Morgan fingerprint density at radius 2 is 2.16 bits per heavy atom. The Hall–Kier alpha value is -1.55. The monoisotopic (exact) mass is 263 g/mol. The molecule has 2 unspecified atom stereocenters. The lowest BCUT2D eigenvalue weighted by Crippen LogP contribution is -2.40. The number of carboxylic acid groups (broad SMARTS) is 1. The van der Waals surface area contributed by atoms with Gasteiger partial charge in [-0.15, -0.1) is 0 Å². The van der Waals surface area contributed by atoms with E-state index in [4.69, 9.17) is 5.11 Å². The van der Waals surface area contributed by atoms with Crippen LogP contribution in [0.1, 0.15) is 38.2 Å². The molecule has 1 aromatic carbocycles. The largest absolute Gasteiger partial charge is 0.481 e. The molecule has 0 radical (unpaired) electrons. The van der Waals surface area contributed by atoms with Crippen LogP contribution in [0.25, 0.3) is 0 Å². The number of carbonyl (C=O) groups is 1. The molecule has 19 heavy (non-hydrogen) atoms. The SMILES string of the molecule is CCC(C)(O)CN1CC(CC(=O)O)c2ccccc21. The number of anilines is 1. The van der Waals surface area contributed by atoms with Gasteiger partial charge in [-0.3, -0.25) is 4.79 Å². The lowest BCUT2D eigenvalue weighted by atomic mass is 9.98. The number of carboxylic acids is 1. The van der Waals surface area contributed by atoms with Crippen LogP contribution in [0.15, 0.2) is 24.3 Å². The highest BCUT2D eigenvalue weighted by molar-refractivity contribution is 5.71. The summed E-state index contributed by atoms with van der Waals surface area (Å²) >= 11 is 0. The molecule has 1 heterocycles. The van der Waals surface area contributed by atoms with Crippen molar-refractivity contribution in [2.45, 2.75) is 38.2 Å². The molecule has 0 bridgehead atoms. The van der Waals surface area contributed by atoms with Gasteiger partial charge in [0.25, 0.3) is 0 Å². The molecule has 0 aliphatic carbocycles. The predicted octanol–water partition coefficient (Wildman–Crippen LogP) is 2.23. The van der Waals surface area contributed by atoms with Crippen molar-refractivity contribution in [3.05, 3.63) is 29.8 Å². The van der Waals surface area contributed by atoms with Crippen LogP contribution in [0, 0.1) is 0 Å². The van der Waals surface area contributed by atoms with Crippen LogP contribution >= 0.6 is 0 Å². The first kappa shape index (κ1) is 13.9. The van der Waals surface area contributed by atoms with E-state index >= 15 is 0 Å². The maximum atomic E-state index is 10.9. The van der Waals surface area contributed by atoms with Crippen LogP contribution < -0.4 is 4.90 Å². The molecule has 2 N–H and O–H groups in total. The molecule has 2 rings (SSSR count). The Balaban J connectivity index is 2.22. The maximum Gasteiger partial charge on any atom is 0.304 e. The van der Waals surface area contributed by atoms with Crippen molar-refractivity contribution >= 4 is 11.7 Å².